The lowest BCUT2D eigenvalue weighted by Gasteiger charge is -2.10. The molecule has 3 rings (SSSR count). The van der Waals surface area contributed by atoms with Crippen LogP contribution >= 0.6 is 11.3 Å². The van der Waals surface area contributed by atoms with Crippen molar-refractivity contribution in [2.24, 2.45) is 0 Å². The molecule has 0 spiro atoms. The summed E-state index contributed by atoms with van der Waals surface area (Å²) in [6, 6.07) is 11.4. The van der Waals surface area contributed by atoms with E-state index < -0.39 is 0 Å². The molecule has 140 valence electrons. The molecule has 6 nitrogen and oxygen atoms in total. The van der Waals surface area contributed by atoms with Gasteiger partial charge < -0.3 is 20.1 Å². The van der Waals surface area contributed by atoms with Crippen molar-refractivity contribution >= 4 is 33.8 Å². The van der Waals surface area contributed by atoms with Crippen LogP contribution in [0.3, 0.4) is 0 Å². The average Bonchev–Trinajstić information content (AvgIpc) is 3.13. The monoisotopic (exact) mass is 383 g/mol. The second-order valence-corrected chi connectivity index (χ2v) is 6.86. The van der Waals surface area contributed by atoms with Gasteiger partial charge in [-0.2, -0.15) is 0 Å². The number of hydrogen-bond acceptors (Lipinski definition) is 6. The smallest absolute Gasteiger partial charge is 0.275 e. The largest absolute Gasteiger partial charge is 0.493 e. The minimum Gasteiger partial charge on any atom is -0.493 e. The highest BCUT2D eigenvalue weighted by molar-refractivity contribution is 7.14. The number of carbonyl (C=O) groups is 1. The molecule has 1 aromatic heterocycles. The molecule has 0 saturated carbocycles. The Kier molecular flexibility index (Phi) is 5.61. The van der Waals surface area contributed by atoms with Gasteiger partial charge in [0.1, 0.15) is 5.69 Å². The zero-order valence-corrected chi connectivity index (χ0v) is 16.4. The number of carbonyl (C=O) groups excluding carboxylic acids is 1. The Morgan fingerprint density at radius 2 is 1.81 bits per heavy atom. The van der Waals surface area contributed by atoms with Crippen molar-refractivity contribution in [1.29, 1.82) is 0 Å². The Balaban J connectivity index is 1.73. The van der Waals surface area contributed by atoms with Crippen molar-refractivity contribution in [3.05, 3.63) is 58.6 Å². The Morgan fingerprint density at radius 3 is 2.56 bits per heavy atom. The van der Waals surface area contributed by atoms with Crippen LogP contribution in [0.5, 0.6) is 11.5 Å². The van der Waals surface area contributed by atoms with Crippen LogP contribution in [0.1, 0.15) is 21.6 Å². The molecule has 0 fully saturated rings. The molecule has 0 bridgehead atoms. The Bertz CT molecular complexity index is 969. The normalized spacial score (nSPS) is 10.4. The predicted molar refractivity (Wildman–Crippen MR) is 109 cm³/mol. The summed E-state index contributed by atoms with van der Waals surface area (Å²) < 4.78 is 10.5. The SMILES string of the molecule is COc1ccc(Nc2nc(C(=O)Nc3cc(C)ccc3C)cs2)cc1OC. The van der Waals surface area contributed by atoms with Crippen molar-refractivity contribution in [2.45, 2.75) is 13.8 Å². The van der Waals surface area contributed by atoms with Gasteiger partial charge in [-0.25, -0.2) is 4.98 Å². The minimum absolute atomic E-state index is 0.236. The fourth-order valence-corrected chi connectivity index (χ4v) is 3.24. The first-order valence-corrected chi connectivity index (χ1v) is 9.21. The summed E-state index contributed by atoms with van der Waals surface area (Å²) >= 11 is 1.36. The number of methoxy groups -OCH3 is 2. The molecule has 27 heavy (non-hydrogen) atoms. The number of hydrogen-bond donors (Lipinski definition) is 2. The number of aryl methyl sites for hydroxylation is 2. The molecule has 2 aromatic carbocycles. The second kappa shape index (κ2) is 8.09. The molecular weight excluding hydrogens is 362 g/mol. The summed E-state index contributed by atoms with van der Waals surface area (Å²) in [5, 5.41) is 8.44. The number of ether oxygens (including phenoxy) is 2. The molecule has 0 radical (unpaired) electrons. The van der Waals surface area contributed by atoms with Crippen LogP contribution in [0.25, 0.3) is 0 Å². The number of benzene rings is 2. The van der Waals surface area contributed by atoms with E-state index in [2.05, 4.69) is 15.6 Å². The Labute approximate surface area is 162 Å². The maximum Gasteiger partial charge on any atom is 0.275 e. The fourth-order valence-electron chi connectivity index (χ4n) is 2.53. The molecule has 0 saturated heterocycles. The van der Waals surface area contributed by atoms with Gasteiger partial charge in [-0.15, -0.1) is 11.3 Å². The van der Waals surface area contributed by atoms with E-state index in [4.69, 9.17) is 9.47 Å². The zero-order valence-electron chi connectivity index (χ0n) is 15.6. The minimum atomic E-state index is -0.236. The molecule has 0 atom stereocenters. The summed E-state index contributed by atoms with van der Waals surface area (Å²) in [6.07, 6.45) is 0. The molecule has 2 N–H and O–H groups in total. The number of nitrogens with one attached hydrogen (secondary N) is 2. The van der Waals surface area contributed by atoms with Crippen molar-refractivity contribution in [1.82, 2.24) is 4.98 Å². The number of rotatable bonds is 6. The average molecular weight is 383 g/mol. The molecule has 0 aliphatic heterocycles. The van der Waals surface area contributed by atoms with Gasteiger partial charge in [0.2, 0.25) is 0 Å². The molecule has 0 aliphatic rings. The van der Waals surface area contributed by atoms with Crippen molar-refractivity contribution < 1.29 is 14.3 Å². The molecule has 7 heteroatoms. The van der Waals surface area contributed by atoms with Crippen LogP contribution in [0.4, 0.5) is 16.5 Å². The second-order valence-electron chi connectivity index (χ2n) is 6.01. The summed E-state index contributed by atoms with van der Waals surface area (Å²) in [7, 11) is 3.17. The first-order valence-electron chi connectivity index (χ1n) is 8.33. The van der Waals surface area contributed by atoms with Crippen molar-refractivity contribution in [2.75, 3.05) is 24.9 Å². The van der Waals surface area contributed by atoms with Gasteiger partial charge in [0.15, 0.2) is 16.6 Å². The quantitative estimate of drug-likeness (QED) is 0.641. The van der Waals surface area contributed by atoms with E-state index in [1.807, 2.05) is 50.2 Å². The Hall–Kier alpha value is -3.06. The van der Waals surface area contributed by atoms with Gasteiger partial charge in [-0.3, -0.25) is 4.79 Å². The van der Waals surface area contributed by atoms with Crippen LogP contribution in [-0.4, -0.2) is 25.1 Å². The first kappa shape index (κ1) is 18.7. The molecule has 1 amide bonds. The Morgan fingerprint density at radius 1 is 1.04 bits per heavy atom. The number of thiazole rings is 1. The van der Waals surface area contributed by atoms with E-state index >= 15 is 0 Å². The van der Waals surface area contributed by atoms with Gasteiger partial charge in [0.25, 0.3) is 5.91 Å². The molecular formula is C20H21N3O3S. The van der Waals surface area contributed by atoms with Crippen LogP contribution in [0.2, 0.25) is 0 Å². The number of aromatic nitrogens is 1. The van der Waals surface area contributed by atoms with E-state index in [9.17, 15) is 4.79 Å². The number of anilines is 3. The van der Waals surface area contributed by atoms with E-state index in [0.717, 1.165) is 22.5 Å². The summed E-state index contributed by atoms with van der Waals surface area (Å²) in [6.45, 7) is 3.95. The topological polar surface area (TPSA) is 72.5 Å². The lowest BCUT2D eigenvalue weighted by atomic mass is 10.1. The van der Waals surface area contributed by atoms with Gasteiger partial charge in [-0.05, 0) is 43.2 Å². The van der Waals surface area contributed by atoms with Crippen LogP contribution < -0.4 is 20.1 Å². The summed E-state index contributed by atoms with van der Waals surface area (Å²) in [5.41, 5.74) is 4.05. The van der Waals surface area contributed by atoms with Crippen LogP contribution in [0.15, 0.2) is 41.8 Å². The first-order chi connectivity index (χ1) is 13.0. The highest BCUT2D eigenvalue weighted by atomic mass is 32.1. The van der Waals surface area contributed by atoms with E-state index in [1.165, 1.54) is 11.3 Å². The third kappa shape index (κ3) is 4.38. The standard InChI is InChI=1S/C20H21N3O3S/c1-12-5-6-13(2)15(9-12)22-19(24)16-11-27-20(23-16)21-14-7-8-17(25-3)18(10-14)26-4/h5-11H,1-4H3,(H,21,23)(H,22,24). The fraction of sp³-hybridized carbons (Fsp3) is 0.200. The molecule has 0 aliphatic carbocycles. The van der Waals surface area contributed by atoms with Crippen molar-refractivity contribution in [3.8, 4) is 11.5 Å². The van der Waals surface area contributed by atoms with Crippen LogP contribution in [-0.2, 0) is 0 Å². The maximum atomic E-state index is 12.5. The number of amides is 1. The van der Waals surface area contributed by atoms with E-state index in [-0.39, 0.29) is 5.91 Å². The summed E-state index contributed by atoms with van der Waals surface area (Å²) in [4.78, 5) is 16.9. The maximum absolute atomic E-state index is 12.5. The third-order valence-electron chi connectivity index (χ3n) is 4.01. The summed E-state index contributed by atoms with van der Waals surface area (Å²) in [5.74, 6) is 1.03. The molecule has 3 aromatic rings. The van der Waals surface area contributed by atoms with E-state index in [0.29, 0.717) is 22.3 Å². The highest BCUT2D eigenvalue weighted by Crippen LogP contribution is 2.31. The van der Waals surface area contributed by atoms with Crippen LogP contribution in [0, 0.1) is 13.8 Å². The van der Waals surface area contributed by atoms with Gasteiger partial charge in [-0.1, -0.05) is 12.1 Å². The lowest BCUT2D eigenvalue weighted by Crippen LogP contribution is -2.13. The van der Waals surface area contributed by atoms with E-state index in [1.54, 1.807) is 19.6 Å². The highest BCUT2D eigenvalue weighted by Gasteiger charge is 2.13. The third-order valence-corrected chi connectivity index (χ3v) is 4.77. The predicted octanol–water partition coefficient (Wildman–Crippen LogP) is 4.77. The zero-order chi connectivity index (χ0) is 19.4. The van der Waals surface area contributed by atoms with Gasteiger partial charge >= 0.3 is 0 Å². The van der Waals surface area contributed by atoms with Gasteiger partial charge in [0.05, 0.1) is 14.2 Å². The lowest BCUT2D eigenvalue weighted by molar-refractivity contribution is 0.102. The van der Waals surface area contributed by atoms with Gasteiger partial charge in [0, 0.05) is 22.8 Å². The molecule has 1 heterocycles. The molecule has 0 unspecified atom stereocenters. The van der Waals surface area contributed by atoms with Crippen molar-refractivity contribution in [3.63, 3.8) is 0 Å². The number of nitrogens with zero attached hydrogens (tertiary/aromatic N) is 1.